The summed E-state index contributed by atoms with van der Waals surface area (Å²) in [5.41, 5.74) is 2.99. The van der Waals surface area contributed by atoms with Gasteiger partial charge in [-0.05, 0) is 24.3 Å². The molecule has 166 valence electrons. The highest BCUT2D eigenvalue weighted by molar-refractivity contribution is 7.15. The fourth-order valence-electron chi connectivity index (χ4n) is 3.84. The van der Waals surface area contributed by atoms with Gasteiger partial charge in [0.2, 0.25) is 5.91 Å². The van der Waals surface area contributed by atoms with Crippen molar-refractivity contribution in [1.29, 1.82) is 0 Å². The Labute approximate surface area is 193 Å². The van der Waals surface area contributed by atoms with Crippen molar-refractivity contribution >= 4 is 39.3 Å². The largest absolute Gasteiger partial charge is 0.333 e. The summed E-state index contributed by atoms with van der Waals surface area (Å²) in [6, 6.07) is 16.5. The third kappa shape index (κ3) is 4.54. The van der Waals surface area contributed by atoms with Gasteiger partial charge in [-0.3, -0.25) is 14.4 Å². The van der Waals surface area contributed by atoms with E-state index >= 15 is 0 Å². The van der Waals surface area contributed by atoms with E-state index in [0.717, 1.165) is 10.6 Å². The van der Waals surface area contributed by atoms with E-state index < -0.39 is 0 Å². The molecule has 0 radical (unpaired) electrons. The van der Waals surface area contributed by atoms with E-state index in [2.05, 4.69) is 20.3 Å². The first kappa shape index (κ1) is 21.0. The van der Waals surface area contributed by atoms with Crippen LogP contribution in [0.3, 0.4) is 0 Å². The molecule has 2 aromatic carbocycles. The van der Waals surface area contributed by atoms with Crippen molar-refractivity contribution in [2.45, 2.75) is 25.8 Å². The number of aromatic amines is 1. The molecule has 0 unspecified atom stereocenters. The fourth-order valence-corrected chi connectivity index (χ4v) is 4.88. The van der Waals surface area contributed by atoms with Gasteiger partial charge in [0, 0.05) is 36.2 Å². The average Bonchev–Trinajstić information content (AvgIpc) is 3.24. The molecule has 0 aliphatic carbocycles. The third-order valence-corrected chi connectivity index (χ3v) is 6.54. The molecule has 2 aromatic heterocycles. The maximum absolute atomic E-state index is 12.7. The molecule has 5 rings (SSSR count). The number of H-pyrrole nitrogens is 1. The number of nitrogens with one attached hydrogen (secondary N) is 2. The number of carbonyl (C=O) groups is 2. The number of nitrogens with zero attached hydrogens (tertiary/aromatic N) is 3. The summed E-state index contributed by atoms with van der Waals surface area (Å²) in [6.45, 7) is 1.07. The highest BCUT2D eigenvalue weighted by atomic mass is 32.1. The summed E-state index contributed by atoms with van der Waals surface area (Å²) in [7, 11) is 0. The minimum Gasteiger partial charge on any atom is -0.333 e. The number of carbonyl (C=O) groups excluding carboxylic acids is 2. The lowest BCUT2D eigenvalue weighted by Gasteiger charge is -2.26. The number of fused-ring (bicyclic) bond motifs is 2. The molecule has 2 amide bonds. The predicted molar refractivity (Wildman–Crippen MR) is 126 cm³/mol. The van der Waals surface area contributed by atoms with Gasteiger partial charge in [0.05, 0.1) is 23.3 Å². The van der Waals surface area contributed by atoms with Crippen LogP contribution < -0.4 is 10.9 Å². The molecule has 33 heavy (non-hydrogen) atoms. The summed E-state index contributed by atoms with van der Waals surface area (Å²) in [4.78, 5) is 51.9. The molecule has 0 spiro atoms. The van der Waals surface area contributed by atoms with E-state index in [4.69, 9.17) is 0 Å². The number of thiazole rings is 1. The van der Waals surface area contributed by atoms with Crippen molar-refractivity contribution in [3.05, 3.63) is 86.8 Å². The summed E-state index contributed by atoms with van der Waals surface area (Å²) >= 11 is 1.39. The van der Waals surface area contributed by atoms with Gasteiger partial charge in [-0.15, -0.1) is 0 Å². The Morgan fingerprint density at radius 1 is 1.06 bits per heavy atom. The van der Waals surface area contributed by atoms with Gasteiger partial charge < -0.3 is 15.2 Å². The van der Waals surface area contributed by atoms with Crippen LogP contribution in [0.15, 0.2) is 59.4 Å². The standard InChI is InChI=1S/C24H21N5O3S/c30-21(11-10-19-22(31)26-17-9-5-4-8-16(17)25-19)28-24-27-18-12-13-29(14-20(18)33-24)23(32)15-6-2-1-3-7-15/h1-9H,10-14H2,(H,26,31)(H,27,28,30). The molecule has 4 aromatic rings. The van der Waals surface area contributed by atoms with Gasteiger partial charge in [0.25, 0.3) is 11.5 Å². The Hall–Kier alpha value is -3.85. The number of hydrogen-bond donors (Lipinski definition) is 2. The predicted octanol–water partition coefficient (Wildman–Crippen LogP) is 3.15. The molecule has 0 saturated carbocycles. The molecule has 3 heterocycles. The molecule has 0 bridgehead atoms. The first-order valence-electron chi connectivity index (χ1n) is 10.7. The Bertz CT molecular complexity index is 1400. The highest BCUT2D eigenvalue weighted by Crippen LogP contribution is 2.29. The van der Waals surface area contributed by atoms with E-state index in [0.29, 0.717) is 46.9 Å². The molecule has 0 atom stereocenters. The molecule has 1 aliphatic rings. The van der Waals surface area contributed by atoms with Gasteiger partial charge >= 0.3 is 0 Å². The van der Waals surface area contributed by atoms with Crippen LogP contribution in [0.25, 0.3) is 11.0 Å². The topological polar surface area (TPSA) is 108 Å². The number of rotatable bonds is 5. The number of aromatic nitrogens is 3. The molecular weight excluding hydrogens is 438 g/mol. The number of para-hydroxylation sites is 2. The van der Waals surface area contributed by atoms with Crippen LogP contribution in [0.2, 0.25) is 0 Å². The molecule has 1 aliphatic heterocycles. The van der Waals surface area contributed by atoms with Gasteiger partial charge in [0.15, 0.2) is 5.13 Å². The maximum atomic E-state index is 12.7. The van der Waals surface area contributed by atoms with Crippen LogP contribution >= 0.6 is 11.3 Å². The molecule has 0 fully saturated rings. The van der Waals surface area contributed by atoms with Crippen molar-refractivity contribution in [2.24, 2.45) is 0 Å². The molecule has 0 saturated heterocycles. The van der Waals surface area contributed by atoms with Crippen molar-refractivity contribution < 1.29 is 9.59 Å². The molecule has 8 nitrogen and oxygen atoms in total. The zero-order valence-corrected chi connectivity index (χ0v) is 18.5. The van der Waals surface area contributed by atoms with Crippen molar-refractivity contribution in [3.8, 4) is 0 Å². The number of anilines is 1. The number of aryl methyl sites for hydroxylation is 1. The SMILES string of the molecule is O=C(CCc1nc2ccccc2[nH]c1=O)Nc1nc2c(s1)CN(C(=O)c1ccccc1)CC2. The fraction of sp³-hybridized carbons (Fsp3) is 0.208. The molecular formula is C24H21N5O3S. The lowest BCUT2D eigenvalue weighted by Crippen LogP contribution is -2.35. The monoisotopic (exact) mass is 459 g/mol. The minimum absolute atomic E-state index is 0.00616. The second kappa shape index (κ2) is 8.95. The second-order valence-electron chi connectivity index (χ2n) is 7.81. The summed E-state index contributed by atoms with van der Waals surface area (Å²) < 4.78 is 0. The van der Waals surface area contributed by atoms with Crippen LogP contribution in [0, 0.1) is 0 Å². The highest BCUT2D eigenvalue weighted by Gasteiger charge is 2.25. The number of hydrogen-bond acceptors (Lipinski definition) is 6. The average molecular weight is 460 g/mol. The van der Waals surface area contributed by atoms with Crippen LogP contribution in [-0.2, 0) is 24.2 Å². The van der Waals surface area contributed by atoms with E-state index in [1.807, 2.05) is 48.5 Å². The molecule has 9 heteroatoms. The maximum Gasteiger partial charge on any atom is 0.270 e. The van der Waals surface area contributed by atoms with Crippen LogP contribution in [0.4, 0.5) is 5.13 Å². The Morgan fingerprint density at radius 3 is 2.70 bits per heavy atom. The quantitative estimate of drug-likeness (QED) is 0.477. The van der Waals surface area contributed by atoms with Crippen LogP contribution in [0.1, 0.15) is 33.0 Å². The van der Waals surface area contributed by atoms with E-state index in [-0.39, 0.29) is 30.2 Å². The van der Waals surface area contributed by atoms with Gasteiger partial charge in [-0.2, -0.15) is 0 Å². The smallest absolute Gasteiger partial charge is 0.270 e. The second-order valence-corrected chi connectivity index (χ2v) is 8.89. The van der Waals surface area contributed by atoms with Crippen molar-refractivity contribution in [1.82, 2.24) is 19.9 Å². The van der Waals surface area contributed by atoms with Gasteiger partial charge in [0.1, 0.15) is 5.69 Å². The lowest BCUT2D eigenvalue weighted by molar-refractivity contribution is -0.116. The number of benzene rings is 2. The van der Waals surface area contributed by atoms with Gasteiger partial charge in [-0.25, -0.2) is 9.97 Å². The van der Waals surface area contributed by atoms with Crippen molar-refractivity contribution in [3.63, 3.8) is 0 Å². The van der Waals surface area contributed by atoms with Gasteiger partial charge in [-0.1, -0.05) is 41.7 Å². The minimum atomic E-state index is -0.283. The Kier molecular flexibility index (Phi) is 5.70. The van der Waals surface area contributed by atoms with Crippen molar-refractivity contribution in [2.75, 3.05) is 11.9 Å². The lowest BCUT2D eigenvalue weighted by atomic mass is 10.1. The Morgan fingerprint density at radius 2 is 1.85 bits per heavy atom. The Balaban J connectivity index is 1.21. The zero-order chi connectivity index (χ0) is 22.8. The van der Waals surface area contributed by atoms with Crippen LogP contribution in [-0.4, -0.2) is 38.2 Å². The summed E-state index contributed by atoms with van der Waals surface area (Å²) in [5, 5.41) is 3.34. The summed E-state index contributed by atoms with van der Waals surface area (Å²) in [5.74, 6) is -0.235. The third-order valence-electron chi connectivity index (χ3n) is 5.54. The first-order valence-corrected chi connectivity index (χ1v) is 11.5. The van der Waals surface area contributed by atoms with E-state index in [1.54, 1.807) is 11.0 Å². The van der Waals surface area contributed by atoms with E-state index in [9.17, 15) is 14.4 Å². The number of amides is 2. The summed E-state index contributed by atoms with van der Waals surface area (Å²) in [6.07, 6.45) is 1.00. The van der Waals surface area contributed by atoms with E-state index in [1.165, 1.54) is 11.3 Å². The zero-order valence-electron chi connectivity index (χ0n) is 17.7. The normalized spacial score (nSPS) is 13.0. The first-order chi connectivity index (χ1) is 16.1. The van der Waals surface area contributed by atoms with Crippen LogP contribution in [0.5, 0.6) is 0 Å². The molecule has 2 N–H and O–H groups in total.